The smallest absolute Gasteiger partial charge is 0.379 e. The highest BCUT2D eigenvalue weighted by Crippen LogP contribution is 2.18. The molecule has 0 atom stereocenters. The van der Waals surface area contributed by atoms with Crippen LogP contribution in [0.4, 0.5) is 0 Å². The average molecular weight is 324 g/mol. The Hall–Kier alpha value is -1.23. The molecule has 0 amide bonds. The van der Waals surface area contributed by atoms with Crippen LogP contribution < -0.4 is 10.6 Å². The van der Waals surface area contributed by atoms with E-state index in [1.165, 1.54) is 0 Å². The first-order valence-corrected chi connectivity index (χ1v) is 9.28. The van der Waals surface area contributed by atoms with Crippen LogP contribution in [0.2, 0.25) is 0 Å². The molecule has 0 aromatic heterocycles. The summed E-state index contributed by atoms with van der Waals surface area (Å²) in [7, 11) is 1.25. The van der Waals surface area contributed by atoms with Gasteiger partial charge >= 0.3 is 9.53 Å². The van der Waals surface area contributed by atoms with E-state index in [2.05, 4.69) is 0 Å². The van der Waals surface area contributed by atoms with Crippen LogP contribution in [-0.4, -0.2) is 30.9 Å². The van der Waals surface area contributed by atoms with E-state index in [1.54, 1.807) is 21.3 Å². The summed E-state index contributed by atoms with van der Waals surface area (Å²) in [4.78, 5) is 0. The van der Waals surface area contributed by atoms with E-state index in [0.717, 1.165) is 10.6 Å². The third-order valence-corrected chi connectivity index (χ3v) is 5.52. The molecule has 0 saturated carbocycles. The van der Waals surface area contributed by atoms with Gasteiger partial charge in [0.15, 0.2) is 0 Å². The van der Waals surface area contributed by atoms with Gasteiger partial charge in [0, 0.05) is 31.9 Å². The third-order valence-electron chi connectivity index (χ3n) is 2.65. The van der Waals surface area contributed by atoms with Gasteiger partial charge in [0.05, 0.1) is 0 Å². The fourth-order valence-electron chi connectivity index (χ4n) is 1.63. The molecule has 114 valence electrons. The van der Waals surface area contributed by atoms with Crippen molar-refractivity contribution in [1.82, 2.24) is 0 Å². The summed E-state index contributed by atoms with van der Waals surface area (Å²) in [5.74, 6) is 0. The molecule has 0 aliphatic heterocycles. The molecule has 2 aromatic carbocycles. The van der Waals surface area contributed by atoms with Crippen molar-refractivity contribution in [3.8, 4) is 0 Å². The van der Waals surface area contributed by atoms with Gasteiger partial charge in [-0.25, -0.2) is 0 Å². The number of hydrogen-bond acceptors (Lipinski definition) is 4. The third kappa shape index (κ3) is 6.38. The van der Waals surface area contributed by atoms with Gasteiger partial charge in [0.1, 0.15) is 7.80 Å². The van der Waals surface area contributed by atoms with Crippen molar-refractivity contribution >= 4 is 27.9 Å². The molecule has 4 nitrogen and oxygen atoms in total. The zero-order chi connectivity index (χ0) is 15.5. The molecule has 2 aromatic rings. The molecule has 0 fully saturated rings. The first kappa shape index (κ1) is 17.8. The Morgan fingerprint density at radius 2 is 1.05 bits per heavy atom. The zero-order valence-corrected chi connectivity index (χ0v) is 14.6. The van der Waals surface area contributed by atoms with Crippen LogP contribution in [-0.2, 0) is 17.8 Å². The van der Waals surface area contributed by atoms with E-state index in [-0.39, 0.29) is 0 Å². The summed E-state index contributed by atoms with van der Waals surface area (Å²) in [5, 5.41) is 1.84. The molecular formula is C15H21O4PSi. The van der Waals surface area contributed by atoms with Crippen LogP contribution >= 0.6 is 7.80 Å². The van der Waals surface area contributed by atoms with E-state index in [4.69, 9.17) is 13.3 Å². The van der Waals surface area contributed by atoms with Gasteiger partial charge in [-0.3, -0.25) is 0 Å². The second kappa shape index (κ2) is 10.5. The Morgan fingerprint density at radius 3 is 1.29 bits per heavy atom. The second-order valence-electron chi connectivity index (χ2n) is 4.06. The molecule has 6 heteroatoms. The SMILES string of the molecule is CO[SiH](OC)OC.O=[PH](c1ccccc1)c1ccccc1. The van der Waals surface area contributed by atoms with Gasteiger partial charge < -0.3 is 17.8 Å². The standard InChI is InChI=1S/C12H11OP.C3H10O3Si/c13-14(11-7-3-1-4-8-11)12-9-5-2-6-10-12;1-4-7(5-2)6-3/h1-10,14H;7H,1-3H3. The highest BCUT2D eigenvalue weighted by Gasteiger charge is 2.05. The number of benzene rings is 2. The van der Waals surface area contributed by atoms with Crippen molar-refractivity contribution in [3.05, 3.63) is 60.7 Å². The molecule has 0 aliphatic carbocycles. The van der Waals surface area contributed by atoms with Crippen LogP contribution in [0, 0.1) is 0 Å². The van der Waals surface area contributed by atoms with Crippen molar-refractivity contribution < 1.29 is 17.8 Å². The van der Waals surface area contributed by atoms with E-state index >= 15 is 0 Å². The minimum Gasteiger partial charge on any atom is -0.379 e. The zero-order valence-electron chi connectivity index (χ0n) is 12.5. The average Bonchev–Trinajstić information content (AvgIpc) is 2.58. The lowest BCUT2D eigenvalue weighted by molar-refractivity contribution is 0.163. The molecule has 0 spiro atoms. The van der Waals surface area contributed by atoms with Crippen molar-refractivity contribution in [1.29, 1.82) is 0 Å². The Bertz CT molecular complexity index is 471. The molecule has 0 heterocycles. The predicted octanol–water partition coefficient (Wildman–Crippen LogP) is 1.84. The fraction of sp³-hybridized carbons (Fsp3) is 0.200. The predicted molar refractivity (Wildman–Crippen MR) is 89.3 cm³/mol. The van der Waals surface area contributed by atoms with Crippen LogP contribution in [0.15, 0.2) is 60.7 Å². The first-order chi connectivity index (χ1) is 10.2. The second-order valence-corrected chi connectivity index (χ2v) is 7.86. The summed E-state index contributed by atoms with van der Waals surface area (Å²) in [6, 6.07) is 19.2. The summed E-state index contributed by atoms with van der Waals surface area (Å²) in [5.41, 5.74) is 0. The molecule has 2 rings (SSSR count). The summed E-state index contributed by atoms with van der Waals surface area (Å²) in [6.07, 6.45) is 0. The Kier molecular flexibility index (Phi) is 8.90. The van der Waals surface area contributed by atoms with Crippen molar-refractivity contribution in [2.24, 2.45) is 0 Å². The van der Waals surface area contributed by atoms with Gasteiger partial charge in [-0.1, -0.05) is 60.7 Å². The Balaban J connectivity index is 0.000000270. The number of rotatable bonds is 5. The molecule has 0 radical (unpaired) electrons. The highest BCUT2D eigenvalue weighted by atomic mass is 31.1. The molecule has 0 saturated heterocycles. The lowest BCUT2D eigenvalue weighted by Crippen LogP contribution is -2.21. The molecule has 0 unspecified atom stereocenters. The van der Waals surface area contributed by atoms with Crippen LogP contribution in [0.1, 0.15) is 0 Å². The van der Waals surface area contributed by atoms with Gasteiger partial charge in [-0.05, 0) is 0 Å². The van der Waals surface area contributed by atoms with Crippen LogP contribution in [0.5, 0.6) is 0 Å². The maximum Gasteiger partial charge on any atom is 0.483 e. The van der Waals surface area contributed by atoms with E-state index in [9.17, 15) is 4.57 Å². The molecule has 0 bridgehead atoms. The summed E-state index contributed by atoms with van der Waals surface area (Å²) in [6.45, 7) is 0. The monoisotopic (exact) mass is 324 g/mol. The normalized spacial score (nSPS) is 10.3. The van der Waals surface area contributed by atoms with Gasteiger partial charge in [0.25, 0.3) is 0 Å². The molecule has 0 aliphatic rings. The summed E-state index contributed by atoms with van der Waals surface area (Å²) < 4.78 is 26.3. The summed E-state index contributed by atoms with van der Waals surface area (Å²) >= 11 is 0. The molecule has 21 heavy (non-hydrogen) atoms. The minimum atomic E-state index is -1.79. The van der Waals surface area contributed by atoms with Crippen LogP contribution in [0.25, 0.3) is 0 Å². The van der Waals surface area contributed by atoms with Crippen LogP contribution in [0.3, 0.4) is 0 Å². The molecular weight excluding hydrogens is 303 g/mol. The quantitative estimate of drug-likeness (QED) is 0.622. The van der Waals surface area contributed by atoms with E-state index in [0.29, 0.717) is 0 Å². The molecule has 0 N–H and O–H groups in total. The van der Waals surface area contributed by atoms with Gasteiger partial charge in [-0.2, -0.15) is 0 Å². The number of hydrogen-bond donors (Lipinski definition) is 0. The van der Waals surface area contributed by atoms with Gasteiger partial charge in [-0.15, -0.1) is 0 Å². The largest absolute Gasteiger partial charge is 0.483 e. The topological polar surface area (TPSA) is 44.8 Å². The Morgan fingerprint density at radius 1 is 0.714 bits per heavy atom. The Labute approximate surface area is 128 Å². The lowest BCUT2D eigenvalue weighted by Gasteiger charge is -2.05. The van der Waals surface area contributed by atoms with E-state index < -0.39 is 17.3 Å². The first-order valence-electron chi connectivity index (χ1n) is 6.46. The fourth-order valence-corrected chi connectivity index (χ4v) is 3.54. The van der Waals surface area contributed by atoms with E-state index in [1.807, 2.05) is 60.7 Å². The lowest BCUT2D eigenvalue weighted by atomic mass is 10.4. The highest BCUT2D eigenvalue weighted by molar-refractivity contribution is 7.61. The van der Waals surface area contributed by atoms with Crippen molar-refractivity contribution in [2.45, 2.75) is 0 Å². The maximum atomic E-state index is 12.0. The van der Waals surface area contributed by atoms with Crippen molar-refractivity contribution in [2.75, 3.05) is 21.3 Å². The van der Waals surface area contributed by atoms with Crippen molar-refractivity contribution in [3.63, 3.8) is 0 Å². The van der Waals surface area contributed by atoms with Gasteiger partial charge in [0.2, 0.25) is 0 Å². The minimum absolute atomic E-state index is 0.920. The maximum absolute atomic E-state index is 12.0.